The van der Waals surface area contributed by atoms with E-state index in [-0.39, 0.29) is 24.0 Å². The van der Waals surface area contributed by atoms with Crippen molar-refractivity contribution >= 4 is 35.2 Å². The third kappa shape index (κ3) is 5.96. The van der Waals surface area contributed by atoms with Crippen LogP contribution < -0.4 is 0 Å². The summed E-state index contributed by atoms with van der Waals surface area (Å²) in [5.41, 5.74) is 3.18. The number of nitriles is 1. The van der Waals surface area contributed by atoms with Crippen molar-refractivity contribution in [3.63, 3.8) is 0 Å². The zero-order valence-electron chi connectivity index (χ0n) is 20.5. The monoisotopic (exact) mass is 527 g/mol. The van der Waals surface area contributed by atoms with Crippen molar-refractivity contribution in [3.05, 3.63) is 57.6 Å². The third-order valence-electron chi connectivity index (χ3n) is 7.18. The first-order valence-electron chi connectivity index (χ1n) is 12.6. The number of unbranched alkanes of at least 4 members (excludes halogenated alkanes) is 1. The molecule has 2 amide bonds. The van der Waals surface area contributed by atoms with Gasteiger partial charge in [-0.05, 0) is 73.1 Å². The second-order valence-corrected chi connectivity index (χ2v) is 10.3. The lowest BCUT2D eigenvalue weighted by molar-refractivity contribution is -0.133. The molecule has 2 heterocycles. The van der Waals surface area contributed by atoms with Crippen LogP contribution >= 0.6 is 23.2 Å². The van der Waals surface area contributed by atoms with Gasteiger partial charge < -0.3 is 14.5 Å². The highest BCUT2D eigenvalue weighted by atomic mass is 35.5. The fourth-order valence-corrected chi connectivity index (χ4v) is 5.66. The van der Waals surface area contributed by atoms with Crippen LogP contribution in [-0.4, -0.2) is 54.1 Å². The number of carbonyl (C=O) groups is 2. The molecule has 0 radical (unpaired) electrons. The van der Waals surface area contributed by atoms with Crippen LogP contribution in [0.15, 0.2) is 36.4 Å². The molecule has 0 unspecified atom stereocenters. The number of hydrogen-bond acceptors (Lipinski definition) is 4. The predicted molar refractivity (Wildman–Crippen MR) is 141 cm³/mol. The largest absolute Gasteiger partial charge is 0.449 e. The van der Waals surface area contributed by atoms with Gasteiger partial charge in [0.05, 0.1) is 18.2 Å². The van der Waals surface area contributed by atoms with Gasteiger partial charge >= 0.3 is 6.09 Å². The number of rotatable bonds is 7. The Morgan fingerprint density at radius 2 is 1.72 bits per heavy atom. The molecule has 2 saturated heterocycles. The highest BCUT2D eigenvalue weighted by Gasteiger charge is 2.38. The van der Waals surface area contributed by atoms with Crippen molar-refractivity contribution in [2.45, 2.75) is 51.5 Å². The standard InChI is InChI=1S/C28H31Cl2N3O3/c1-2-3-14-36-28(35)32-11-9-23(10-12-32)33-13-8-21(27(33)34)15-24-25(29)16-22(17-26(24)30)20-6-4-19(18-31)5-7-20/h4-7,16-17,21,23H,2-3,8-15H2,1H3/t21-/m0/s1. The minimum Gasteiger partial charge on any atom is -0.449 e. The summed E-state index contributed by atoms with van der Waals surface area (Å²) in [5, 5.41) is 10.1. The molecule has 0 aliphatic carbocycles. The van der Waals surface area contributed by atoms with Gasteiger partial charge in [-0.15, -0.1) is 0 Å². The van der Waals surface area contributed by atoms with Gasteiger partial charge in [0.1, 0.15) is 0 Å². The topological polar surface area (TPSA) is 73.6 Å². The lowest BCUT2D eigenvalue weighted by Crippen LogP contribution is -2.47. The van der Waals surface area contributed by atoms with Gasteiger partial charge in [0.2, 0.25) is 5.91 Å². The minimum absolute atomic E-state index is 0.141. The van der Waals surface area contributed by atoms with Crippen LogP contribution in [0.4, 0.5) is 4.79 Å². The van der Waals surface area contributed by atoms with E-state index in [4.69, 9.17) is 33.2 Å². The average Bonchev–Trinajstić information content (AvgIpc) is 3.26. The molecule has 190 valence electrons. The highest BCUT2D eigenvalue weighted by molar-refractivity contribution is 6.36. The Balaban J connectivity index is 1.35. The molecule has 2 aliphatic heterocycles. The van der Waals surface area contributed by atoms with Crippen molar-refractivity contribution in [2.75, 3.05) is 26.2 Å². The van der Waals surface area contributed by atoms with E-state index in [9.17, 15) is 9.59 Å². The van der Waals surface area contributed by atoms with Gasteiger partial charge in [0.25, 0.3) is 0 Å². The van der Waals surface area contributed by atoms with Gasteiger partial charge in [-0.1, -0.05) is 48.7 Å². The maximum absolute atomic E-state index is 13.3. The van der Waals surface area contributed by atoms with E-state index >= 15 is 0 Å². The van der Waals surface area contributed by atoms with Crippen molar-refractivity contribution in [1.29, 1.82) is 5.26 Å². The molecule has 2 fully saturated rings. The van der Waals surface area contributed by atoms with Crippen molar-refractivity contribution < 1.29 is 14.3 Å². The maximum atomic E-state index is 13.3. The Hall–Kier alpha value is -2.75. The summed E-state index contributed by atoms with van der Waals surface area (Å²) < 4.78 is 5.33. The normalized spacial score (nSPS) is 18.4. The summed E-state index contributed by atoms with van der Waals surface area (Å²) in [6.07, 6.45) is 4.42. The summed E-state index contributed by atoms with van der Waals surface area (Å²) in [4.78, 5) is 29.2. The van der Waals surface area contributed by atoms with Gasteiger partial charge in [0, 0.05) is 41.6 Å². The fraction of sp³-hybridized carbons (Fsp3) is 0.464. The number of nitrogens with zero attached hydrogens (tertiary/aromatic N) is 3. The molecule has 2 aliphatic rings. The molecule has 0 bridgehead atoms. The predicted octanol–water partition coefficient (Wildman–Crippen LogP) is 6.32. The van der Waals surface area contributed by atoms with E-state index in [2.05, 4.69) is 13.0 Å². The Bertz CT molecular complexity index is 1110. The van der Waals surface area contributed by atoms with Crippen LogP contribution in [-0.2, 0) is 16.0 Å². The zero-order valence-corrected chi connectivity index (χ0v) is 22.0. The smallest absolute Gasteiger partial charge is 0.409 e. The van der Waals surface area contributed by atoms with Crippen molar-refractivity contribution in [3.8, 4) is 17.2 Å². The molecule has 6 nitrogen and oxygen atoms in total. The van der Waals surface area contributed by atoms with Crippen LogP contribution in [0.2, 0.25) is 10.0 Å². The molecular weight excluding hydrogens is 497 g/mol. The summed E-state index contributed by atoms with van der Waals surface area (Å²) in [7, 11) is 0. The van der Waals surface area contributed by atoms with Gasteiger partial charge in [-0.3, -0.25) is 4.79 Å². The molecule has 4 rings (SSSR count). The van der Waals surface area contributed by atoms with E-state index in [0.29, 0.717) is 48.3 Å². The minimum atomic E-state index is -0.249. The summed E-state index contributed by atoms with van der Waals surface area (Å²) in [6.45, 7) is 4.46. The first-order valence-corrected chi connectivity index (χ1v) is 13.4. The highest BCUT2D eigenvalue weighted by Crippen LogP contribution is 2.36. The van der Waals surface area contributed by atoms with Crippen LogP contribution in [0.25, 0.3) is 11.1 Å². The van der Waals surface area contributed by atoms with Crippen LogP contribution in [0.5, 0.6) is 0 Å². The Morgan fingerprint density at radius 3 is 2.33 bits per heavy atom. The van der Waals surface area contributed by atoms with E-state index in [0.717, 1.165) is 48.8 Å². The molecular formula is C28H31Cl2N3O3. The number of likely N-dealkylation sites (tertiary alicyclic amines) is 2. The lowest BCUT2D eigenvalue weighted by atomic mass is 9.95. The van der Waals surface area contributed by atoms with Crippen LogP contribution in [0.1, 0.15) is 50.2 Å². The zero-order chi connectivity index (χ0) is 25.7. The fourth-order valence-electron chi connectivity index (χ4n) is 5.02. The third-order valence-corrected chi connectivity index (χ3v) is 7.85. The number of amides is 2. The number of carbonyl (C=O) groups excluding carboxylic acids is 2. The van der Waals surface area contributed by atoms with Crippen LogP contribution in [0.3, 0.4) is 0 Å². The van der Waals surface area contributed by atoms with Crippen molar-refractivity contribution in [2.24, 2.45) is 5.92 Å². The molecule has 0 N–H and O–H groups in total. The summed E-state index contributed by atoms with van der Waals surface area (Å²) in [6, 6.07) is 13.3. The number of piperidine rings is 1. The molecule has 0 saturated carbocycles. The summed E-state index contributed by atoms with van der Waals surface area (Å²) >= 11 is 13.3. The molecule has 2 aromatic rings. The molecule has 8 heteroatoms. The maximum Gasteiger partial charge on any atom is 0.409 e. The Labute approximate surface area is 222 Å². The second-order valence-electron chi connectivity index (χ2n) is 9.52. The SMILES string of the molecule is CCCCOC(=O)N1CCC(N2CC[C@@H](Cc3c(Cl)cc(-c4ccc(C#N)cc4)cc3Cl)C2=O)CC1. The molecule has 0 spiro atoms. The number of ether oxygens (including phenoxy) is 1. The van der Waals surface area contributed by atoms with E-state index in [1.54, 1.807) is 17.0 Å². The van der Waals surface area contributed by atoms with Crippen LogP contribution in [0, 0.1) is 17.2 Å². The van der Waals surface area contributed by atoms with Crippen molar-refractivity contribution in [1.82, 2.24) is 9.80 Å². The number of benzene rings is 2. The molecule has 0 aromatic heterocycles. The number of halogens is 2. The molecule has 36 heavy (non-hydrogen) atoms. The van der Waals surface area contributed by atoms with Gasteiger partial charge in [-0.25, -0.2) is 4.79 Å². The molecule has 1 atom stereocenters. The summed E-state index contributed by atoms with van der Waals surface area (Å²) in [5.74, 6) is -0.0138. The quantitative estimate of drug-likeness (QED) is 0.394. The van der Waals surface area contributed by atoms with E-state index in [1.807, 2.05) is 29.2 Å². The first-order chi connectivity index (χ1) is 17.4. The van der Waals surface area contributed by atoms with E-state index < -0.39 is 0 Å². The average molecular weight is 528 g/mol. The van der Waals surface area contributed by atoms with E-state index in [1.165, 1.54) is 0 Å². The number of hydrogen-bond donors (Lipinski definition) is 0. The Kier molecular flexibility index (Phi) is 8.77. The van der Waals surface area contributed by atoms with Gasteiger partial charge in [0.15, 0.2) is 0 Å². The second kappa shape index (κ2) is 12.0. The lowest BCUT2D eigenvalue weighted by Gasteiger charge is -2.36. The van der Waals surface area contributed by atoms with Gasteiger partial charge in [-0.2, -0.15) is 5.26 Å². The Morgan fingerprint density at radius 1 is 1.06 bits per heavy atom. The first kappa shape index (κ1) is 26.3. The molecule has 2 aromatic carbocycles.